The molecule has 0 bridgehead atoms. The monoisotopic (exact) mass is 451 g/mol. The summed E-state index contributed by atoms with van der Waals surface area (Å²) in [6.07, 6.45) is 1.63. The number of benzene rings is 3. The second kappa shape index (κ2) is 8.41. The number of hydrogen-bond donors (Lipinski definition) is 0. The summed E-state index contributed by atoms with van der Waals surface area (Å²) in [7, 11) is 0. The molecule has 0 fully saturated rings. The number of ether oxygens (including phenoxy) is 2. The molecule has 1 aliphatic heterocycles. The molecule has 0 aromatic heterocycles. The molecule has 0 spiro atoms. The van der Waals surface area contributed by atoms with Gasteiger partial charge in [-0.15, -0.1) is 0 Å². The summed E-state index contributed by atoms with van der Waals surface area (Å²) in [5.41, 5.74) is 2.50. The Morgan fingerprint density at radius 1 is 1.03 bits per heavy atom. The molecule has 0 saturated carbocycles. The van der Waals surface area contributed by atoms with E-state index >= 15 is 0 Å². The van der Waals surface area contributed by atoms with Crippen molar-refractivity contribution < 1.29 is 18.7 Å². The highest BCUT2D eigenvalue weighted by Gasteiger charge is 2.24. The fourth-order valence-corrected chi connectivity index (χ4v) is 3.15. The average Bonchev–Trinajstić information content (AvgIpc) is 3.08. The minimum Gasteiger partial charge on any atom is -0.489 e. The molecule has 0 aliphatic carbocycles. The van der Waals surface area contributed by atoms with Crippen molar-refractivity contribution in [3.63, 3.8) is 0 Å². The first-order chi connectivity index (χ1) is 14.1. The van der Waals surface area contributed by atoms with E-state index in [4.69, 9.17) is 9.47 Å². The van der Waals surface area contributed by atoms with Crippen molar-refractivity contribution in [1.29, 1.82) is 0 Å². The Hall–Kier alpha value is -3.25. The molecule has 0 N–H and O–H groups in total. The van der Waals surface area contributed by atoms with Gasteiger partial charge in [0.05, 0.1) is 0 Å². The second-order valence-electron chi connectivity index (χ2n) is 6.30. The Labute approximate surface area is 175 Å². The smallest absolute Gasteiger partial charge is 0.363 e. The van der Waals surface area contributed by atoms with E-state index in [2.05, 4.69) is 20.9 Å². The predicted octanol–water partition coefficient (Wildman–Crippen LogP) is 5.51. The van der Waals surface area contributed by atoms with Crippen LogP contribution in [0.4, 0.5) is 4.39 Å². The minimum absolute atomic E-state index is 0.155. The van der Waals surface area contributed by atoms with Crippen LogP contribution in [0.2, 0.25) is 0 Å². The van der Waals surface area contributed by atoms with Crippen molar-refractivity contribution in [3.8, 4) is 5.75 Å². The predicted molar refractivity (Wildman–Crippen MR) is 112 cm³/mol. The molecule has 4 nitrogen and oxygen atoms in total. The third-order valence-electron chi connectivity index (χ3n) is 4.23. The first-order valence-electron chi connectivity index (χ1n) is 8.83. The number of halogens is 2. The zero-order valence-corrected chi connectivity index (χ0v) is 16.7. The number of cyclic esters (lactones) is 1. The molecule has 4 rings (SSSR count). The van der Waals surface area contributed by atoms with Gasteiger partial charge in [0.1, 0.15) is 18.2 Å². The molecule has 0 radical (unpaired) electrons. The van der Waals surface area contributed by atoms with Gasteiger partial charge >= 0.3 is 5.97 Å². The van der Waals surface area contributed by atoms with E-state index in [-0.39, 0.29) is 17.4 Å². The van der Waals surface area contributed by atoms with Crippen LogP contribution in [-0.4, -0.2) is 11.9 Å². The molecule has 3 aromatic rings. The van der Waals surface area contributed by atoms with E-state index in [0.717, 1.165) is 15.6 Å². The number of esters is 1. The fraction of sp³-hybridized carbons (Fsp3) is 0.0435. The number of aliphatic imine (C=N–C) groups is 1. The highest BCUT2D eigenvalue weighted by molar-refractivity contribution is 9.10. The first kappa shape index (κ1) is 19.1. The van der Waals surface area contributed by atoms with Crippen LogP contribution in [0.25, 0.3) is 6.08 Å². The lowest BCUT2D eigenvalue weighted by molar-refractivity contribution is -0.129. The van der Waals surface area contributed by atoms with Crippen LogP contribution in [0.15, 0.2) is 88.0 Å². The van der Waals surface area contributed by atoms with Gasteiger partial charge in [-0.05, 0) is 54.1 Å². The zero-order valence-electron chi connectivity index (χ0n) is 15.1. The molecule has 0 saturated heterocycles. The highest BCUT2D eigenvalue weighted by atomic mass is 79.9. The molecule has 0 atom stereocenters. The van der Waals surface area contributed by atoms with Crippen LogP contribution in [0, 0.1) is 5.82 Å². The van der Waals surface area contributed by atoms with E-state index in [1.54, 1.807) is 6.08 Å². The quantitative estimate of drug-likeness (QED) is 0.379. The van der Waals surface area contributed by atoms with Crippen LogP contribution >= 0.6 is 15.9 Å². The second-order valence-corrected chi connectivity index (χ2v) is 7.15. The van der Waals surface area contributed by atoms with Crippen LogP contribution in [0.3, 0.4) is 0 Å². The van der Waals surface area contributed by atoms with Crippen molar-refractivity contribution in [2.75, 3.05) is 0 Å². The van der Waals surface area contributed by atoms with Gasteiger partial charge in [-0.3, -0.25) is 0 Å². The minimum atomic E-state index is -0.552. The number of rotatable bonds is 5. The maximum atomic E-state index is 13.1. The van der Waals surface area contributed by atoms with Gasteiger partial charge in [-0.2, -0.15) is 0 Å². The van der Waals surface area contributed by atoms with Crippen LogP contribution < -0.4 is 4.74 Å². The van der Waals surface area contributed by atoms with Gasteiger partial charge in [0.15, 0.2) is 5.70 Å². The summed E-state index contributed by atoms with van der Waals surface area (Å²) in [4.78, 5) is 16.4. The van der Waals surface area contributed by atoms with Crippen molar-refractivity contribution in [2.45, 2.75) is 6.61 Å². The third-order valence-corrected chi connectivity index (χ3v) is 5.00. The topological polar surface area (TPSA) is 47.9 Å². The number of hydrogen-bond acceptors (Lipinski definition) is 4. The normalized spacial score (nSPS) is 14.6. The van der Waals surface area contributed by atoms with E-state index in [1.807, 2.05) is 48.5 Å². The van der Waals surface area contributed by atoms with Gasteiger partial charge in [0, 0.05) is 15.6 Å². The van der Waals surface area contributed by atoms with Gasteiger partial charge in [0.25, 0.3) is 0 Å². The summed E-state index contributed by atoms with van der Waals surface area (Å²) in [5, 5.41) is 0. The Morgan fingerprint density at radius 3 is 2.62 bits per heavy atom. The van der Waals surface area contributed by atoms with Gasteiger partial charge in [-0.25, -0.2) is 14.2 Å². The van der Waals surface area contributed by atoms with E-state index in [0.29, 0.717) is 17.9 Å². The van der Waals surface area contributed by atoms with Crippen LogP contribution in [-0.2, 0) is 16.1 Å². The molecular weight excluding hydrogens is 437 g/mol. The molecule has 6 heteroatoms. The summed E-state index contributed by atoms with van der Waals surface area (Å²) < 4.78 is 25.1. The molecule has 0 unspecified atom stereocenters. The van der Waals surface area contributed by atoms with Crippen LogP contribution in [0.5, 0.6) is 5.75 Å². The number of carbonyl (C=O) groups is 1. The van der Waals surface area contributed by atoms with E-state index in [9.17, 15) is 9.18 Å². The Balaban J connectivity index is 1.52. The third kappa shape index (κ3) is 4.60. The summed E-state index contributed by atoms with van der Waals surface area (Å²) in [6, 6.07) is 20.8. The molecule has 0 amide bonds. The fourth-order valence-electron chi connectivity index (χ4n) is 2.75. The lowest BCUT2D eigenvalue weighted by Crippen LogP contribution is -2.05. The highest BCUT2D eigenvalue weighted by Crippen LogP contribution is 2.23. The molecule has 1 heterocycles. The molecular formula is C23H15BrFNO3. The Bertz CT molecular complexity index is 1120. The summed E-state index contributed by atoms with van der Waals surface area (Å²) in [6.45, 7) is 0.413. The lowest BCUT2D eigenvalue weighted by Gasteiger charge is -2.08. The lowest BCUT2D eigenvalue weighted by atomic mass is 10.2. The maximum absolute atomic E-state index is 13.1. The molecule has 29 heavy (non-hydrogen) atoms. The first-order valence-corrected chi connectivity index (χ1v) is 9.62. The van der Waals surface area contributed by atoms with Crippen molar-refractivity contribution in [3.05, 3.63) is 105 Å². The molecule has 144 valence electrons. The number of carbonyl (C=O) groups excluding carboxylic acids is 1. The Morgan fingerprint density at radius 2 is 1.83 bits per heavy atom. The largest absolute Gasteiger partial charge is 0.489 e. The van der Waals surface area contributed by atoms with E-state index < -0.39 is 5.97 Å². The maximum Gasteiger partial charge on any atom is 0.363 e. The standard InChI is InChI=1S/C23H15BrFNO3/c24-20-7-2-1-5-17(20)14-28-19-6-3-4-15(12-19)13-21-23(27)29-22(26-21)16-8-10-18(25)11-9-16/h1-13H,14H2/b21-13+. The summed E-state index contributed by atoms with van der Waals surface area (Å²) >= 11 is 3.50. The average molecular weight is 452 g/mol. The molecule has 3 aromatic carbocycles. The van der Waals surface area contributed by atoms with Gasteiger partial charge < -0.3 is 9.47 Å². The van der Waals surface area contributed by atoms with Crippen LogP contribution in [0.1, 0.15) is 16.7 Å². The van der Waals surface area contributed by atoms with Gasteiger partial charge in [0.2, 0.25) is 5.90 Å². The number of nitrogens with zero attached hydrogens (tertiary/aromatic N) is 1. The molecule has 1 aliphatic rings. The van der Waals surface area contributed by atoms with Gasteiger partial charge in [-0.1, -0.05) is 46.3 Å². The summed E-state index contributed by atoms with van der Waals surface area (Å²) in [5.74, 6) is -0.0931. The Kier molecular flexibility index (Phi) is 5.53. The van der Waals surface area contributed by atoms with Crippen molar-refractivity contribution in [1.82, 2.24) is 0 Å². The zero-order chi connectivity index (χ0) is 20.2. The van der Waals surface area contributed by atoms with Crippen molar-refractivity contribution in [2.24, 2.45) is 4.99 Å². The van der Waals surface area contributed by atoms with Crippen molar-refractivity contribution >= 4 is 33.9 Å². The van der Waals surface area contributed by atoms with E-state index in [1.165, 1.54) is 24.3 Å². The SMILES string of the molecule is O=C1OC(c2ccc(F)cc2)=N/C1=C/c1cccc(OCc2ccccc2Br)c1.